The molecule has 0 saturated carbocycles. The van der Waals surface area contributed by atoms with Crippen molar-refractivity contribution in [2.75, 3.05) is 13.1 Å². The number of carbonyl (C=O) groups is 1. The van der Waals surface area contributed by atoms with Crippen molar-refractivity contribution in [2.45, 2.75) is 25.4 Å². The molecule has 1 saturated heterocycles. The van der Waals surface area contributed by atoms with Crippen LogP contribution in [0.5, 0.6) is 0 Å². The molecule has 3 heterocycles. The van der Waals surface area contributed by atoms with Crippen LogP contribution in [-0.4, -0.2) is 40.0 Å². The monoisotopic (exact) mass is 415 g/mol. The zero-order valence-electron chi connectivity index (χ0n) is 17.2. The fraction of sp³-hybridized carbons (Fsp3) is 0.250. The lowest BCUT2D eigenvalue weighted by molar-refractivity contribution is 0.181. The minimum absolute atomic E-state index is 0.0514. The number of H-pyrrole nitrogens is 2. The Balaban J connectivity index is 1.35. The first-order valence-electron chi connectivity index (χ1n) is 10.6. The Hall–Kier alpha value is -3.58. The molecule has 7 nitrogen and oxygen atoms in total. The standard InChI is InChI=1S/C24H25N5O2/c25-18-7-9-29(10-8-18)24(31)26-14-15-5-6-21-17(11-15)13-22(27-21)19-12-16-3-1-2-4-20(16)28-23(19)30/h1-6,11-13,18,27H,7-10,14,25H2,(H,26,31)(H,28,30). The number of carbonyl (C=O) groups excluding carboxylic acids is 1. The first kappa shape index (κ1) is 19.4. The summed E-state index contributed by atoms with van der Waals surface area (Å²) in [6.45, 7) is 1.86. The molecule has 1 fully saturated rings. The summed E-state index contributed by atoms with van der Waals surface area (Å²) in [4.78, 5) is 33.1. The number of aromatic amines is 2. The van der Waals surface area contributed by atoms with E-state index in [1.807, 2.05) is 59.5 Å². The van der Waals surface area contributed by atoms with E-state index in [4.69, 9.17) is 5.73 Å². The molecule has 5 rings (SSSR count). The molecule has 0 spiro atoms. The maximum absolute atomic E-state index is 12.6. The molecule has 2 amide bonds. The number of fused-ring (bicyclic) bond motifs is 2. The van der Waals surface area contributed by atoms with Crippen LogP contribution in [0.3, 0.4) is 0 Å². The third-order valence-electron chi connectivity index (χ3n) is 6.00. The average molecular weight is 415 g/mol. The molecule has 0 radical (unpaired) electrons. The van der Waals surface area contributed by atoms with Crippen LogP contribution in [0.25, 0.3) is 33.1 Å². The van der Waals surface area contributed by atoms with Gasteiger partial charge in [0.2, 0.25) is 0 Å². The Morgan fingerprint density at radius 3 is 2.61 bits per heavy atom. The first-order valence-corrected chi connectivity index (χ1v) is 10.6. The van der Waals surface area contributed by atoms with E-state index >= 15 is 0 Å². The van der Waals surface area contributed by atoms with Crippen LogP contribution in [0, 0.1) is 0 Å². The number of hydrogen-bond donors (Lipinski definition) is 4. The van der Waals surface area contributed by atoms with E-state index in [0.717, 1.165) is 45.9 Å². The number of para-hydroxylation sites is 1. The number of pyridine rings is 1. The summed E-state index contributed by atoms with van der Waals surface area (Å²) in [5.74, 6) is 0. The van der Waals surface area contributed by atoms with Crippen molar-refractivity contribution in [1.29, 1.82) is 0 Å². The second kappa shape index (κ2) is 7.92. The van der Waals surface area contributed by atoms with Crippen LogP contribution < -0.4 is 16.6 Å². The molecule has 2 aromatic heterocycles. The number of nitrogens with one attached hydrogen (secondary N) is 3. The van der Waals surface area contributed by atoms with Crippen molar-refractivity contribution in [2.24, 2.45) is 5.73 Å². The fourth-order valence-corrected chi connectivity index (χ4v) is 4.18. The van der Waals surface area contributed by atoms with E-state index in [2.05, 4.69) is 15.3 Å². The Labute approximate surface area is 179 Å². The van der Waals surface area contributed by atoms with Gasteiger partial charge >= 0.3 is 6.03 Å². The number of nitrogens with zero attached hydrogens (tertiary/aromatic N) is 1. The Morgan fingerprint density at radius 2 is 1.77 bits per heavy atom. The van der Waals surface area contributed by atoms with Gasteiger partial charge in [-0.05, 0) is 54.1 Å². The highest BCUT2D eigenvalue weighted by atomic mass is 16.2. The van der Waals surface area contributed by atoms with Gasteiger partial charge in [0.1, 0.15) is 0 Å². The lowest BCUT2D eigenvalue weighted by Crippen LogP contribution is -2.47. The highest BCUT2D eigenvalue weighted by Crippen LogP contribution is 2.25. The zero-order valence-corrected chi connectivity index (χ0v) is 17.2. The summed E-state index contributed by atoms with van der Waals surface area (Å²) in [7, 11) is 0. The summed E-state index contributed by atoms with van der Waals surface area (Å²) < 4.78 is 0. The fourth-order valence-electron chi connectivity index (χ4n) is 4.18. The number of hydrogen-bond acceptors (Lipinski definition) is 3. The minimum Gasteiger partial charge on any atom is -0.354 e. The minimum atomic E-state index is -0.126. The summed E-state index contributed by atoms with van der Waals surface area (Å²) >= 11 is 0. The summed E-state index contributed by atoms with van der Waals surface area (Å²) in [6, 6.07) is 17.8. The van der Waals surface area contributed by atoms with Gasteiger partial charge in [-0.15, -0.1) is 0 Å². The SMILES string of the molecule is NC1CCN(C(=O)NCc2ccc3[nH]c(-c4cc5ccccc5[nH]c4=O)cc3c2)CC1. The topological polar surface area (TPSA) is 107 Å². The lowest BCUT2D eigenvalue weighted by Gasteiger charge is -2.30. The Morgan fingerprint density at radius 1 is 1.00 bits per heavy atom. The van der Waals surface area contributed by atoms with E-state index in [-0.39, 0.29) is 17.6 Å². The number of amides is 2. The Bertz CT molecular complexity index is 1310. The third kappa shape index (κ3) is 3.92. The molecule has 1 aliphatic heterocycles. The first-order chi connectivity index (χ1) is 15.1. The predicted octanol–water partition coefficient (Wildman–Crippen LogP) is 3.31. The van der Waals surface area contributed by atoms with E-state index < -0.39 is 0 Å². The molecule has 0 atom stereocenters. The van der Waals surface area contributed by atoms with Gasteiger partial charge in [-0.3, -0.25) is 4.79 Å². The zero-order chi connectivity index (χ0) is 21.4. The second-order valence-electron chi connectivity index (χ2n) is 8.19. The molecular weight excluding hydrogens is 390 g/mol. The van der Waals surface area contributed by atoms with Gasteiger partial charge in [-0.2, -0.15) is 0 Å². The van der Waals surface area contributed by atoms with Crippen molar-refractivity contribution in [3.63, 3.8) is 0 Å². The number of piperidine rings is 1. The largest absolute Gasteiger partial charge is 0.354 e. The molecule has 2 aromatic carbocycles. The van der Waals surface area contributed by atoms with Crippen molar-refractivity contribution in [1.82, 2.24) is 20.2 Å². The molecule has 158 valence electrons. The van der Waals surface area contributed by atoms with Crippen LogP contribution in [0.15, 0.2) is 59.4 Å². The van der Waals surface area contributed by atoms with Gasteiger partial charge in [0.15, 0.2) is 0 Å². The number of benzene rings is 2. The average Bonchev–Trinajstić information content (AvgIpc) is 3.20. The lowest BCUT2D eigenvalue weighted by atomic mass is 10.1. The van der Waals surface area contributed by atoms with E-state index in [1.165, 1.54) is 0 Å². The van der Waals surface area contributed by atoms with E-state index in [9.17, 15) is 9.59 Å². The van der Waals surface area contributed by atoms with Crippen LogP contribution in [0.1, 0.15) is 18.4 Å². The number of rotatable bonds is 3. The van der Waals surface area contributed by atoms with Crippen LogP contribution in [0.4, 0.5) is 4.79 Å². The highest BCUT2D eigenvalue weighted by molar-refractivity contribution is 5.89. The molecule has 5 N–H and O–H groups in total. The molecule has 0 bridgehead atoms. The summed E-state index contributed by atoms with van der Waals surface area (Å²) in [5, 5.41) is 4.98. The number of nitrogens with two attached hydrogens (primary N) is 1. The second-order valence-corrected chi connectivity index (χ2v) is 8.19. The maximum atomic E-state index is 12.6. The van der Waals surface area contributed by atoms with Gasteiger partial charge in [-0.1, -0.05) is 24.3 Å². The van der Waals surface area contributed by atoms with E-state index in [1.54, 1.807) is 0 Å². The smallest absolute Gasteiger partial charge is 0.317 e. The van der Waals surface area contributed by atoms with Gasteiger partial charge in [0.25, 0.3) is 5.56 Å². The van der Waals surface area contributed by atoms with Crippen molar-refractivity contribution < 1.29 is 4.79 Å². The number of urea groups is 1. The summed E-state index contributed by atoms with van der Waals surface area (Å²) in [6.07, 6.45) is 1.69. The molecule has 0 unspecified atom stereocenters. The normalized spacial score (nSPS) is 14.9. The quantitative estimate of drug-likeness (QED) is 0.412. The maximum Gasteiger partial charge on any atom is 0.317 e. The Kier molecular flexibility index (Phi) is 4.95. The molecule has 1 aliphatic rings. The van der Waals surface area contributed by atoms with Crippen molar-refractivity contribution >= 4 is 27.8 Å². The number of likely N-dealkylation sites (tertiary alicyclic amines) is 1. The predicted molar refractivity (Wildman–Crippen MR) is 123 cm³/mol. The highest BCUT2D eigenvalue weighted by Gasteiger charge is 2.20. The van der Waals surface area contributed by atoms with Gasteiger partial charge < -0.3 is 25.9 Å². The molecular formula is C24H25N5O2. The molecule has 4 aromatic rings. The van der Waals surface area contributed by atoms with Gasteiger partial charge in [0.05, 0.1) is 11.3 Å². The van der Waals surface area contributed by atoms with Crippen molar-refractivity contribution in [3.05, 3.63) is 70.5 Å². The molecule has 0 aliphatic carbocycles. The van der Waals surface area contributed by atoms with Crippen LogP contribution in [-0.2, 0) is 6.54 Å². The van der Waals surface area contributed by atoms with Crippen molar-refractivity contribution in [3.8, 4) is 11.3 Å². The molecule has 7 heteroatoms. The number of aromatic nitrogens is 2. The molecule has 31 heavy (non-hydrogen) atoms. The summed E-state index contributed by atoms with van der Waals surface area (Å²) in [5.41, 5.74) is 9.94. The van der Waals surface area contributed by atoms with Gasteiger partial charge in [0, 0.05) is 42.1 Å². The van der Waals surface area contributed by atoms with Gasteiger partial charge in [-0.25, -0.2) is 4.79 Å². The van der Waals surface area contributed by atoms with Crippen LogP contribution >= 0.6 is 0 Å². The van der Waals surface area contributed by atoms with Crippen LogP contribution in [0.2, 0.25) is 0 Å². The third-order valence-corrected chi connectivity index (χ3v) is 6.00. The van der Waals surface area contributed by atoms with E-state index in [0.29, 0.717) is 25.2 Å².